The molecule has 0 aromatic carbocycles. The van der Waals surface area contributed by atoms with Crippen molar-refractivity contribution >= 4 is 24.2 Å². The summed E-state index contributed by atoms with van der Waals surface area (Å²) in [6, 6.07) is 0. The molecule has 0 heterocycles. The van der Waals surface area contributed by atoms with E-state index in [0.717, 1.165) is 12.8 Å². The van der Waals surface area contributed by atoms with E-state index < -0.39 is 24.2 Å². The second-order valence-electron chi connectivity index (χ2n) is 8.76. The Bertz CT molecular complexity index is 131. The molecular formula is C16H43OSi3Zr. The van der Waals surface area contributed by atoms with Crippen LogP contribution in [0.25, 0.3) is 0 Å². The average Bonchev–Trinajstić information content (AvgIpc) is 1.94. The van der Waals surface area contributed by atoms with Gasteiger partial charge < -0.3 is 24.7 Å². The predicted molar refractivity (Wildman–Crippen MR) is 108 cm³/mol. The molecular weight excluding hydrogens is 384 g/mol. The molecule has 0 amide bonds. The Labute approximate surface area is 159 Å². The van der Waals surface area contributed by atoms with Crippen LogP contribution in [0.2, 0.25) is 58.9 Å². The van der Waals surface area contributed by atoms with Crippen molar-refractivity contribution in [3.63, 3.8) is 0 Å². The van der Waals surface area contributed by atoms with E-state index in [1.807, 2.05) is 0 Å². The van der Waals surface area contributed by atoms with E-state index in [0.29, 0.717) is 6.61 Å². The van der Waals surface area contributed by atoms with Gasteiger partial charge in [-0.25, -0.2) is 0 Å². The van der Waals surface area contributed by atoms with Crippen molar-refractivity contribution in [1.29, 1.82) is 0 Å². The molecule has 0 saturated heterocycles. The van der Waals surface area contributed by atoms with E-state index in [1.165, 1.54) is 0 Å². The van der Waals surface area contributed by atoms with E-state index >= 15 is 0 Å². The molecule has 0 bridgehead atoms. The van der Waals surface area contributed by atoms with Gasteiger partial charge in [0.15, 0.2) is 0 Å². The normalized spacial score (nSPS) is 10.6. The van der Waals surface area contributed by atoms with Crippen LogP contribution in [0.4, 0.5) is 0 Å². The summed E-state index contributed by atoms with van der Waals surface area (Å²) < 4.78 is 0. The Morgan fingerprint density at radius 3 is 0.810 bits per heavy atom. The van der Waals surface area contributed by atoms with E-state index in [-0.39, 0.29) is 26.2 Å². The third-order valence-corrected chi connectivity index (χ3v) is 0.512. The molecule has 1 N–H and O–H groups in total. The molecule has 1 nitrogen and oxygen atoms in total. The third kappa shape index (κ3) is 669. The summed E-state index contributed by atoms with van der Waals surface area (Å²) in [5.41, 5.74) is 0. The summed E-state index contributed by atoms with van der Waals surface area (Å²) in [4.78, 5) is 0. The van der Waals surface area contributed by atoms with Crippen molar-refractivity contribution in [3.05, 3.63) is 19.6 Å². The molecule has 0 rings (SSSR count). The first-order valence-electron chi connectivity index (χ1n) is 7.58. The number of rotatable bonds is 2. The van der Waals surface area contributed by atoms with Crippen LogP contribution in [0.5, 0.6) is 0 Å². The van der Waals surface area contributed by atoms with Gasteiger partial charge in [-0.3, -0.25) is 0 Å². The molecule has 0 saturated carbocycles. The summed E-state index contributed by atoms with van der Waals surface area (Å²) in [5.74, 6) is 0. The van der Waals surface area contributed by atoms with Crippen LogP contribution >= 0.6 is 0 Å². The molecule has 0 fully saturated rings. The van der Waals surface area contributed by atoms with Gasteiger partial charge in [0.05, 0.1) is 0 Å². The molecule has 0 aliphatic rings. The van der Waals surface area contributed by atoms with E-state index in [1.54, 1.807) is 0 Å². The second kappa shape index (κ2) is 17.8. The summed E-state index contributed by atoms with van der Waals surface area (Å²) >= 11 is 0. The Morgan fingerprint density at radius 1 is 0.667 bits per heavy atom. The minimum Gasteiger partial charge on any atom is -0.396 e. The molecule has 0 aromatic heterocycles. The van der Waals surface area contributed by atoms with Gasteiger partial charge in [0.25, 0.3) is 0 Å². The van der Waals surface area contributed by atoms with Crippen molar-refractivity contribution in [1.82, 2.24) is 0 Å². The molecule has 0 aromatic rings. The Balaban J connectivity index is -0.0000000533. The maximum Gasteiger partial charge on any atom is 3.00 e. The second-order valence-corrected chi connectivity index (χ2v) is 24.1. The van der Waals surface area contributed by atoms with Gasteiger partial charge in [-0.1, -0.05) is 72.3 Å². The van der Waals surface area contributed by atoms with E-state index in [2.05, 4.69) is 85.5 Å². The molecule has 5 heteroatoms. The number of hydrogen-bond acceptors (Lipinski definition) is 1. The van der Waals surface area contributed by atoms with Crippen LogP contribution < -0.4 is 0 Å². The number of unbranched alkanes of at least 4 members (excludes halogenated alkanes) is 1. The van der Waals surface area contributed by atoms with Crippen molar-refractivity contribution in [3.8, 4) is 0 Å². The van der Waals surface area contributed by atoms with Crippen molar-refractivity contribution in [2.45, 2.75) is 78.7 Å². The van der Waals surface area contributed by atoms with Crippen molar-refractivity contribution in [2.24, 2.45) is 0 Å². The van der Waals surface area contributed by atoms with Gasteiger partial charge in [-0.2, -0.15) is 0 Å². The van der Waals surface area contributed by atoms with Crippen LogP contribution in [0, 0.1) is 19.6 Å². The fourth-order valence-electron chi connectivity index (χ4n) is 0.158. The topological polar surface area (TPSA) is 20.2 Å². The average molecular weight is 427 g/mol. The summed E-state index contributed by atoms with van der Waals surface area (Å²) in [6.45, 7) is 34.1. The van der Waals surface area contributed by atoms with E-state index in [4.69, 9.17) is 5.11 Å². The monoisotopic (exact) mass is 425 g/mol. The minimum absolute atomic E-state index is 0. The van der Waals surface area contributed by atoms with E-state index in [9.17, 15) is 0 Å². The number of aliphatic hydroxyl groups excluding tert-OH is 1. The minimum atomic E-state index is -0.861. The summed E-state index contributed by atoms with van der Waals surface area (Å²) in [6.07, 6.45) is 2.04. The van der Waals surface area contributed by atoms with Gasteiger partial charge in [-0.05, 0) is 6.42 Å². The zero-order valence-electron chi connectivity index (χ0n) is 16.7. The summed E-state index contributed by atoms with van der Waals surface area (Å²) in [7, 11) is -2.58. The molecule has 0 atom stereocenters. The maximum atomic E-state index is 8.07. The van der Waals surface area contributed by atoms with Crippen LogP contribution in [-0.2, 0) is 26.2 Å². The van der Waals surface area contributed by atoms with Crippen molar-refractivity contribution in [2.75, 3.05) is 6.61 Å². The molecule has 0 spiro atoms. The van der Waals surface area contributed by atoms with Crippen LogP contribution in [0.3, 0.4) is 0 Å². The Hall–Kier alpha value is 1.49. The van der Waals surface area contributed by atoms with Gasteiger partial charge >= 0.3 is 26.2 Å². The standard InChI is InChI=1S/C4H10O.3C4H11Si.Zr/c1-2-3-4-5;3*1-5(2,3)4;/h5H,2-4H2,1H3;3*1H2,2-4H3;/q;3*-1;+3. The van der Waals surface area contributed by atoms with Crippen LogP contribution in [-0.4, -0.2) is 35.9 Å². The Morgan fingerprint density at radius 2 is 0.810 bits per heavy atom. The molecule has 21 heavy (non-hydrogen) atoms. The summed E-state index contributed by atoms with van der Waals surface area (Å²) in [5, 5.41) is 8.07. The number of hydrogen-bond donors (Lipinski definition) is 1. The Kier molecular flexibility index (Phi) is 28.8. The molecule has 0 aliphatic carbocycles. The SMILES string of the molecule is CCCCO.[CH2-][Si](C)(C)C.[CH2-][Si](C)(C)C.[CH2-][Si](C)(C)C.[Zr+3]. The first kappa shape index (κ1) is 34.0. The number of aliphatic hydroxyl groups is 1. The van der Waals surface area contributed by atoms with Gasteiger partial charge in [0, 0.05) is 6.61 Å². The smallest absolute Gasteiger partial charge is 0.396 e. The maximum absolute atomic E-state index is 8.07. The zero-order valence-corrected chi connectivity index (χ0v) is 22.1. The first-order chi connectivity index (χ1) is 8.41. The molecule has 129 valence electrons. The predicted octanol–water partition coefficient (Wildman–Crippen LogP) is 5.87. The quantitative estimate of drug-likeness (QED) is 0.432. The molecule has 0 unspecified atom stereocenters. The fourth-order valence-corrected chi connectivity index (χ4v) is 0.158. The largest absolute Gasteiger partial charge is 3.00 e. The van der Waals surface area contributed by atoms with Crippen LogP contribution in [0.1, 0.15) is 19.8 Å². The van der Waals surface area contributed by atoms with Gasteiger partial charge in [0.2, 0.25) is 0 Å². The van der Waals surface area contributed by atoms with Gasteiger partial charge in [-0.15, -0.1) is 24.2 Å². The molecule has 1 radical (unpaired) electrons. The molecule has 0 aliphatic heterocycles. The van der Waals surface area contributed by atoms with Crippen molar-refractivity contribution < 1.29 is 31.3 Å². The zero-order chi connectivity index (χ0) is 17.6. The van der Waals surface area contributed by atoms with Crippen LogP contribution in [0.15, 0.2) is 0 Å². The van der Waals surface area contributed by atoms with Gasteiger partial charge in [0.1, 0.15) is 0 Å². The third-order valence-electron chi connectivity index (χ3n) is 0.512. The fraction of sp³-hybridized carbons (Fsp3) is 0.812. The first-order valence-corrected chi connectivity index (χ1v) is 18.7.